The van der Waals surface area contributed by atoms with Crippen LogP contribution in [0.25, 0.3) is 0 Å². The molecule has 0 saturated carbocycles. The summed E-state index contributed by atoms with van der Waals surface area (Å²) in [5.41, 5.74) is -1.93. The fourth-order valence-corrected chi connectivity index (χ4v) is 1.55. The van der Waals surface area contributed by atoms with E-state index in [9.17, 15) is 19.5 Å². The highest BCUT2D eigenvalue weighted by atomic mass is 16.6. The van der Waals surface area contributed by atoms with Crippen LogP contribution in [0.4, 0.5) is 9.59 Å². The number of amides is 3. The topological polar surface area (TPSA) is 105 Å². The van der Waals surface area contributed by atoms with E-state index in [2.05, 4.69) is 5.32 Å². The van der Waals surface area contributed by atoms with Gasteiger partial charge in [0.2, 0.25) is 0 Å². The molecule has 8 nitrogen and oxygen atoms in total. The first-order valence-corrected chi connectivity index (χ1v) is 6.77. The summed E-state index contributed by atoms with van der Waals surface area (Å²) in [6, 6.07) is 0. The van der Waals surface area contributed by atoms with Crippen molar-refractivity contribution in [2.75, 3.05) is 6.54 Å². The average Bonchev–Trinajstić information content (AvgIpc) is 2.52. The molecule has 124 valence electrons. The molecule has 0 unspecified atom stereocenters. The molecule has 0 spiro atoms. The predicted octanol–water partition coefficient (Wildman–Crippen LogP) is 2.06. The number of ether oxygens (including phenoxy) is 2. The molecule has 0 aromatic heterocycles. The Balaban J connectivity index is 2.75. The van der Waals surface area contributed by atoms with Crippen LogP contribution in [0.15, 0.2) is 11.5 Å². The number of carbonyl (C=O) groups excluding carboxylic acids is 3. The van der Waals surface area contributed by atoms with Gasteiger partial charge in [-0.3, -0.25) is 10.1 Å². The summed E-state index contributed by atoms with van der Waals surface area (Å²) in [5, 5.41) is 11.9. The lowest BCUT2D eigenvalue weighted by atomic mass is 10.2. The van der Waals surface area contributed by atoms with Crippen molar-refractivity contribution >= 4 is 18.1 Å². The van der Waals surface area contributed by atoms with Gasteiger partial charge in [-0.25, -0.2) is 14.5 Å². The molecule has 0 bridgehead atoms. The summed E-state index contributed by atoms with van der Waals surface area (Å²) >= 11 is 0. The fraction of sp³-hybridized carbons (Fsp3) is 0.643. The second-order valence-electron chi connectivity index (χ2n) is 6.82. The normalized spacial score (nSPS) is 15.9. The predicted molar refractivity (Wildman–Crippen MR) is 77.0 cm³/mol. The Hall–Kier alpha value is -2.25. The number of alkyl carbamates (subject to hydrolysis) is 1. The standard InChI is InChI=1S/C14H22N2O6/c1-13(2,3)21-11(19)15-9-8(17)7-16(10(9)18)12(20)22-14(4,5)6/h17H,7H2,1-6H3,(H,15,19). The van der Waals surface area contributed by atoms with Gasteiger partial charge in [0, 0.05) is 0 Å². The summed E-state index contributed by atoms with van der Waals surface area (Å²) in [7, 11) is 0. The number of aliphatic hydroxyl groups excluding tert-OH is 1. The van der Waals surface area contributed by atoms with Crippen LogP contribution in [-0.4, -0.2) is 45.8 Å². The minimum absolute atomic E-state index is 0.362. The zero-order valence-electron chi connectivity index (χ0n) is 13.6. The third kappa shape index (κ3) is 4.94. The van der Waals surface area contributed by atoms with Gasteiger partial charge in [0.15, 0.2) is 0 Å². The second kappa shape index (κ2) is 5.86. The van der Waals surface area contributed by atoms with Gasteiger partial charge in [-0.2, -0.15) is 0 Å². The lowest BCUT2D eigenvalue weighted by Crippen LogP contribution is -2.41. The van der Waals surface area contributed by atoms with Gasteiger partial charge in [0.25, 0.3) is 5.91 Å². The van der Waals surface area contributed by atoms with Crippen LogP contribution >= 0.6 is 0 Å². The first-order valence-electron chi connectivity index (χ1n) is 6.77. The number of imide groups is 1. The third-order valence-electron chi connectivity index (χ3n) is 2.30. The monoisotopic (exact) mass is 314 g/mol. The van der Waals surface area contributed by atoms with Gasteiger partial charge in [0.05, 0.1) is 6.54 Å². The van der Waals surface area contributed by atoms with E-state index in [1.807, 2.05) is 0 Å². The minimum Gasteiger partial charge on any atom is -0.508 e. The average molecular weight is 314 g/mol. The highest BCUT2D eigenvalue weighted by Crippen LogP contribution is 2.19. The van der Waals surface area contributed by atoms with Crippen molar-refractivity contribution in [3.63, 3.8) is 0 Å². The maximum Gasteiger partial charge on any atom is 0.417 e. The van der Waals surface area contributed by atoms with E-state index in [-0.39, 0.29) is 12.2 Å². The van der Waals surface area contributed by atoms with Gasteiger partial charge in [-0.05, 0) is 41.5 Å². The molecule has 0 atom stereocenters. The Morgan fingerprint density at radius 3 is 2.05 bits per heavy atom. The van der Waals surface area contributed by atoms with E-state index in [1.54, 1.807) is 41.5 Å². The van der Waals surface area contributed by atoms with Gasteiger partial charge >= 0.3 is 12.2 Å². The molecule has 0 aromatic carbocycles. The van der Waals surface area contributed by atoms with E-state index in [0.29, 0.717) is 4.90 Å². The molecule has 0 saturated heterocycles. The van der Waals surface area contributed by atoms with Crippen LogP contribution in [0.2, 0.25) is 0 Å². The van der Waals surface area contributed by atoms with Crippen molar-refractivity contribution in [3.05, 3.63) is 11.5 Å². The van der Waals surface area contributed by atoms with E-state index in [0.717, 1.165) is 0 Å². The zero-order chi connectivity index (χ0) is 17.3. The van der Waals surface area contributed by atoms with Crippen LogP contribution < -0.4 is 5.32 Å². The molecule has 0 radical (unpaired) electrons. The van der Waals surface area contributed by atoms with Gasteiger partial charge in [-0.1, -0.05) is 0 Å². The Morgan fingerprint density at radius 2 is 1.59 bits per heavy atom. The zero-order valence-corrected chi connectivity index (χ0v) is 13.6. The van der Waals surface area contributed by atoms with Crippen LogP contribution in [0.5, 0.6) is 0 Å². The van der Waals surface area contributed by atoms with Crippen molar-refractivity contribution in [1.29, 1.82) is 0 Å². The Bertz CT molecular complexity index is 524. The number of nitrogens with zero attached hydrogens (tertiary/aromatic N) is 1. The van der Waals surface area contributed by atoms with Gasteiger partial charge in [0.1, 0.15) is 22.7 Å². The number of carbonyl (C=O) groups is 3. The molecular formula is C14H22N2O6. The summed E-state index contributed by atoms with van der Waals surface area (Å²) < 4.78 is 10.0. The van der Waals surface area contributed by atoms with Crippen molar-refractivity contribution in [2.24, 2.45) is 0 Å². The number of hydrogen-bond acceptors (Lipinski definition) is 6. The van der Waals surface area contributed by atoms with Gasteiger partial charge in [-0.15, -0.1) is 0 Å². The largest absolute Gasteiger partial charge is 0.508 e. The Kier molecular flexibility index (Phi) is 4.74. The Labute approximate surface area is 129 Å². The van der Waals surface area contributed by atoms with Crippen LogP contribution in [0.1, 0.15) is 41.5 Å². The Morgan fingerprint density at radius 1 is 1.09 bits per heavy atom. The van der Waals surface area contributed by atoms with Crippen LogP contribution in [-0.2, 0) is 14.3 Å². The molecule has 3 amide bonds. The van der Waals surface area contributed by atoms with Crippen LogP contribution in [0.3, 0.4) is 0 Å². The summed E-state index contributed by atoms with van der Waals surface area (Å²) in [4.78, 5) is 36.3. The molecule has 1 aliphatic rings. The number of rotatable bonds is 1. The molecule has 0 aliphatic carbocycles. The van der Waals surface area contributed by atoms with E-state index in [4.69, 9.17) is 9.47 Å². The summed E-state index contributed by atoms with van der Waals surface area (Å²) in [6.07, 6.45) is -1.79. The molecule has 22 heavy (non-hydrogen) atoms. The van der Waals surface area contributed by atoms with Crippen LogP contribution in [0, 0.1) is 0 Å². The lowest BCUT2D eigenvalue weighted by molar-refractivity contribution is -0.125. The highest BCUT2D eigenvalue weighted by Gasteiger charge is 2.38. The van der Waals surface area contributed by atoms with E-state index >= 15 is 0 Å². The molecule has 1 heterocycles. The number of hydrogen-bond donors (Lipinski definition) is 2. The van der Waals surface area contributed by atoms with Crippen molar-refractivity contribution in [2.45, 2.75) is 52.7 Å². The smallest absolute Gasteiger partial charge is 0.417 e. The maximum absolute atomic E-state index is 12.1. The first kappa shape index (κ1) is 17.8. The molecular weight excluding hydrogens is 292 g/mol. The SMILES string of the molecule is CC(C)(C)OC(=O)NC1=C(O)CN(C(=O)OC(C)(C)C)C1=O. The maximum atomic E-state index is 12.1. The second-order valence-corrected chi connectivity index (χ2v) is 6.82. The molecule has 0 aromatic rings. The summed E-state index contributed by atoms with van der Waals surface area (Å²) in [5.74, 6) is -1.28. The summed E-state index contributed by atoms with van der Waals surface area (Å²) in [6.45, 7) is 9.56. The fourth-order valence-electron chi connectivity index (χ4n) is 1.55. The quantitative estimate of drug-likeness (QED) is 0.767. The minimum atomic E-state index is -0.898. The lowest BCUT2D eigenvalue weighted by Gasteiger charge is -2.23. The van der Waals surface area contributed by atoms with E-state index in [1.165, 1.54) is 0 Å². The molecule has 1 rings (SSSR count). The molecule has 1 aliphatic heterocycles. The van der Waals surface area contributed by atoms with E-state index < -0.39 is 35.1 Å². The number of nitrogens with one attached hydrogen (secondary N) is 1. The van der Waals surface area contributed by atoms with Crippen molar-refractivity contribution < 1.29 is 29.0 Å². The van der Waals surface area contributed by atoms with Gasteiger partial charge < -0.3 is 14.6 Å². The number of aliphatic hydroxyl groups is 1. The first-order chi connectivity index (χ1) is 9.80. The highest BCUT2D eigenvalue weighted by molar-refractivity contribution is 6.06. The van der Waals surface area contributed by atoms with Crippen molar-refractivity contribution in [3.8, 4) is 0 Å². The molecule has 2 N–H and O–H groups in total. The third-order valence-corrected chi connectivity index (χ3v) is 2.30. The van der Waals surface area contributed by atoms with Crippen molar-refractivity contribution in [1.82, 2.24) is 10.2 Å². The molecule has 8 heteroatoms. The molecule has 0 fully saturated rings.